The van der Waals surface area contributed by atoms with E-state index in [4.69, 9.17) is 14.2 Å². The number of ether oxygens (including phenoxy) is 3. The Kier molecular flexibility index (Phi) is 7.81. The highest BCUT2D eigenvalue weighted by Crippen LogP contribution is 2.69. The molecule has 0 aromatic heterocycles. The molecule has 0 amide bonds. The minimum Gasteiger partial charge on any atom is -0.456 e. The third-order valence-electron chi connectivity index (χ3n) is 12.6. The Morgan fingerprint density at radius 2 is 1.67 bits per heavy atom. The predicted molar refractivity (Wildman–Crippen MR) is 168 cm³/mol. The molecule has 3 saturated carbocycles. The maximum absolute atomic E-state index is 13.9. The zero-order valence-corrected chi connectivity index (χ0v) is 28.0. The fourth-order valence-corrected chi connectivity index (χ4v) is 10.2. The van der Waals surface area contributed by atoms with Gasteiger partial charge < -0.3 is 29.5 Å². The highest BCUT2D eigenvalue weighted by atomic mass is 16.8. The van der Waals surface area contributed by atoms with Crippen LogP contribution in [0, 0.1) is 28.6 Å². The van der Waals surface area contributed by atoms with E-state index in [1.54, 1.807) is 51.1 Å². The molecule has 1 heterocycles. The number of benzene rings is 1. The third-order valence-corrected chi connectivity index (χ3v) is 12.6. The van der Waals surface area contributed by atoms with Crippen molar-refractivity contribution in [3.05, 3.63) is 47.5 Å². The first-order valence-electron chi connectivity index (χ1n) is 16.9. The second-order valence-corrected chi connectivity index (χ2v) is 16.5. The van der Waals surface area contributed by atoms with Crippen LogP contribution in [0.3, 0.4) is 0 Å². The summed E-state index contributed by atoms with van der Waals surface area (Å²) in [5.74, 6) is -1.77. The smallest absolute Gasteiger partial charge is 0.338 e. The van der Waals surface area contributed by atoms with Crippen LogP contribution in [0.4, 0.5) is 0 Å². The second-order valence-electron chi connectivity index (χ2n) is 16.5. The number of ketones is 1. The van der Waals surface area contributed by atoms with E-state index >= 15 is 0 Å². The Hall–Kier alpha value is -2.10. The van der Waals surface area contributed by atoms with E-state index in [9.17, 15) is 24.9 Å². The molecule has 0 spiro atoms. The lowest BCUT2D eigenvalue weighted by Crippen LogP contribution is -2.63. The molecule has 45 heavy (non-hydrogen) atoms. The van der Waals surface area contributed by atoms with Crippen molar-refractivity contribution >= 4 is 11.8 Å². The summed E-state index contributed by atoms with van der Waals surface area (Å²) in [5, 5.41) is 35.8. The monoisotopic (exact) mass is 624 g/mol. The number of carbonyl (C=O) groups excluding carboxylic acids is 2. The van der Waals surface area contributed by atoms with Crippen LogP contribution in [0.15, 0.2) is 42.0 Å². The van der Waals surface area contributed by atoms with Crippen molar-refractivity contribution in [2.45, 2.75) is 141 Å². The van der Waals surface area contributed by atoms with Gasteiger partial charge in [-0.25, -0.2) is 4.79 Å². The van der Waals surface area contributed by atoms with E-state index in [1.807, 2.05) is 26.8 Å². The summed E-state index contributed by atoms with van der Waals surface area (Å²) < 4.78 is 18.5. The lowest BCUT2D eigenvalue weighted by Gasteiger charge is -2.60. The Labute approximate surface area is 267 Å². The molecule has 1 saturated heterocycles. The molecular formula is C37H52O8. The van der Waals surface area contributed by atoms with E-state index in [0.29, 0.717) is 44.1 Å². The average Bonchev–Trinajstić information content (AvgIpc) is 3.40. The van der Waals surface area contributed by atoms with Crippen LogP contribution < -0.4 is 0 Å². The highest BCUT2D eigenvalue weighted by Gasteiger charge is 2.70. The summed E-state index contributed by atoms with van der Waals surface area (Å²) in [4.78, 5) is 27.1. The van der Waals surface area contributed by atoms with E-state index < -0.39 is 46.0 Å². The molecule has 4 aliphatic carbocycles. The SMILES string of the molecule is CC(C)(O)CC[C@@H](OC(=O)c1ccccc1)[C@](C)(O)[C@H]1CC[C@@]2(O)C3=CC(=O)[C@@H]4C[C@H]5OC(C)(C)O[C@H]5C[C@]4(C)[C@@H]3CC[C@]12C. The molecule has 3 N–H and O–H groups in total. The summed E-state index contributed by atoms with van der Waals surface area (Å²) in [5.41, 5.74) is -3.77. The minimum absolute atomic E-state index is 0.0112. The number of allylic oxidation sites excluding steroid dienone is 1. The lowest BCUT2D eigenvalue weighted by atomic mass is 9.45. The van der Waals surface area contributed by atoms with Crippen molar-refractivity contribution in [3.8, 4) is 0 Å². The Balaban J connectivity index is 1.31. The molecule has 0 unspecified atom stereocenters. The number of hydrogen-bond donors (Lipinski definition) is 3. The van der Waals surface area contributed by atoms with Gasteiger partial charge in [0, 0.05) is 11.3 Å². The fraction of sp³-hybridized carbons (Fsp3) is 0.730. The lowest BCUT2D eigenvalue weighted by molar-refractivity contribution is -0.175. The average molecular weight is 625 g/mol. The maximum atomic E-state index is 13.9. The zero-order chi connectivity index (χ0) is 32.8. The maximum Gasteiger partial charge on any atom is 0.338 e. The van der Waals surface area contributed by atoms with Crippen LogP contribution in [-0.4, -0.2) is 68.0 Å². The predicted octanol–water partition coefficient (Wildman–Crippen LogP) is 5.52. The van der Waals surface area contributed by atoms with Crippen molar-refractivity contribution in [1.29, 1.82) is 0 Å². The van der Waals surface area contributed by atoms with Gasteiger partial charge in [-0.3, -0.25) is 4.79 Å². The fourth-order valence-electron chi connectivity index (χ4n) is 10.2. The number of rotatable bonds is 7. The van der Waals surface area contributed by atoms with Crippen LogP contribution >= 0.6 is 0 Å². The van der Waals surface area contributed by atoms with Crippen LogP contribution in [0.25, 0.3) is 0 Å². The second kappa shape index (κ2) is 10.7. The summed E-state index contributed by atoms with van der Waals surface area (Å²) in [7, 11) is 0. The number of hydrogen-bond acceptors (Lipinski definition) is 8. The van der Waals surface area contributed by atoms with Gasteiger partial charge in [0.1, 0.15) is 11.7 Å². The first kappa shape index (κ1) is 32.8. The van der Waals surface area contributed by atoms with E-state index in [-0.39, 0.29) is 41.7 Å². The van der Waals surface area contributed by atoms with Crippen LogP contribution in [0.5, 0.6) is 0 Å². The number of carbonyl (C=O) groups is 2. The molecule has 6 rings (SSSR count). The molecule has 5 aliphatic rings. The normalized spacial score (nSPS) is 40.7. The first-order chi connectivity index (χ1) is 20.8. The quantitative estimate of drug-likeness (QED) is 0.339. The van der Waals surface area contributed by atoms with Gasteiger partial charge in [0.05, 0.1) is 29.0 Å². The van der Waals surface area contributed by atoms with Crippen molar-refractivity contribution in [1.82, 2.24) is 0 Å². The molecule has 4 fully saturated rings. The Bertz CT molecular complexity index is 1360. The Morgan fingerprint density at radius 3 is 2.33 bits per heavy atom. The Morgan fingerprint density at radius 1 is 1.00 bits per heavy atom. The number of aliphatic hydroxyl groups is 3. The number of fused-ring (bicyclic) bond motifs is 6. The molecule has 0 radical (unpaired) electrons. The molecule has 8 heteroatoms. The third kappa shape index (κ3) is 5.33. The molecule has 8 nitrogen and oxygen atoms in total. The van der Waals surface area contributed by atoms with E-state index in [1.165, 1.54) is 0 Å². The molecule has 1 aromatic carbocycles. The van der Waals surface area contributed by atoms with Gasteiger partial charge in [-0.2, -0.15) is 0 Å². The summed E-state index contributed by atoms with van der Waals surface area (Å²) in [6.07, 6.45) is 4.84. The van der Waals surface area contributed by atoms with Crippen LogP contribution in [-0.2, 0) is 19.0 Å². The van der Waals surface area contributed by atoms with Gasteiger partial charge in [-0.05, 0) is 127 Å². The molecule has 1 aromatic rings. The number of esters is 1. The molecular weight excluding hydrogens is 572 g/mol. The largest absolute Gasteiger partial charge is 0.456 e. The zero-order valence-electron chi connectivity index (χ0n) is 28.0. The highest BCUT2D eigenvalue weighted by molar-refractivity contribution is 5.95. The van der Waals surface area contributed by atoms with Gasteiger partial charge in [0.15, 0.2) is 11.6 Å². The van der Waals surface area contributed by atoms with Crippen molar-refractivity contribution in [2.24, 2.45) is 28.6 Å². The summed E-state index contributed by atoms with van der Waals surface area (Å²) >= 11 is 0. The topological polar surface area (TPSA) is 123 Å². The molecule has 248 valence electrons. The van der Waals surface area contributed by atoms with Crippen LogP contribution in [0.1, 0.15) is 110 Å². The van der Waals surface area contributed by atoms with Gasteiger partial charge in [-0.1, -0.05) is 32.0 Å². The standard InChI is InChI=1S/C37H52O8/c1-32(2,40)16-15-30(43-31(39)22-11-9-8-10-12-22)36(7,41)29-14-18-37(42)24-19-26(38)25-20-27-28(45-33(3,4)44-27)21-34(25,5)23(24)13-17-35(29,37)6/h8-12,19,23,25,27-30,40-42H,13-18,20-21H2,1-7H3/t23-,25+,27-,28+,29+,30-,34-,35-,36-,37-/m1/s1. The van der Waals surface area contributed by atoms with Crippen molar-refractivity contribution < 1.29 is 39.1 Å². The molecule has 1 aliphatic heterocycles. The first-order valence-corrected chi connectivity index (χ1v) is 16.9. The van der Waals surface area contributed by atoms with Crippen molar-refractivity contribution in [2.75, 3.05) is 0 Å². The van der Waals surface area contributed by atoms with Gasteiger partial charge >= 0.3 is 5.97 Å². The van der Waals surface area contributed by atoms with E-state index in [0.717, 1.165) is 12.0 Å². The van der Waals surface area contributed by atoms with Gasteiger partial charge in [0.25, 0.3) is 0 Å². The van der Waals surface area contributed by atoms with Gasteiger partial charge in [0.2, 0.25) is 0 Å². The van der Waals surface area contributed by atoms with E-state index in [2.05, 4.69) is 6.92 Å². The molecule has 10 atom stereocenters. The minimum atomic E-state index is -1.51. The summed E-state index contributed by atoms with van der Waals surface area (Å²) in [6, 6.07) is 8.71. The van der Waals surface area contributed by atoms with Gasteiger partial charge in [-0.15, -0.1) is 0 Å². The summed E-state index contributed by atoms with van der Waals surface area (Å²) in [6.45, 7) is 13.2. The van der Waals surface area contributed by atoms with Crippen molar-refractivity contribution in [3.63, 3.8) is 0 Å². The van der Waals surface area contributed by atoms with Crippen LogP contribution in [0.2, 0.25) is 0 Å². The molecule has 0 bridgehead atoms.